The third-order valence-corrected chi connectivity index (χ3v) is 8.59. The van der Waals surface area contributed by atoms with Crippen LogP contribution in [-0.4, -0.2) is 62.4 Å². The Hall–Kier alpha value is -0.950. The van der Waals surface area contributed by atoms with Gasteiger partial charge in [-0.3, -0.25) is 4.90 Å². The minimum atomic E-state index is -2.95. The number of hydrogen-bond acceptors (Lipinski definition) is 5. The molecule has 2 aliphatic heterocycles. The van der Waals surface area contributed by atoms with E-state index >= 15 is 0 Å². The molecule has 124 valence electrons. The molecule has 0 unspecified atom stereocenters. The number of benzene rings is 1. The van der Waals surface area contributed by atoms with Gasteiger partial charge >= 0.3 is 0 Å². The van der Waals surface area contributed by atoms with E-state index in [1.54, 1.807) is 0 Å². The smallest absolute Gasteiger partial charge is 0.156 e. The monoisotopic (exact) mass is 350 g/mol. The zero-order chi connectivity index (χ0) is 16.2. The second-order valence-electron chi connectivity index (χ2n) is 7.01. The molecule has 6 heteroatoms. The Balaban J connectivity index is 1.54. The van der Waals surface area contributed by atoms with Crippen LogP contribution < -0.4 is 0 Å². The maximum Gasteiger partial charge on any atom is 0.156 e. The molecule has 0 saturated carbocycles. The van der Waals surface area contributed by atoms with Crippen LogP contribution in [0.25, 0.3) is 10.1 Å². The highest BCUT2D eigenvalue weighted by Crippen LogP contribution is 2.37. The van der Waals surface area contributed by atoms with Gasteiger partial charge in [0.2, 0.25) is 0 Å². The molecule has 0 bridgehead atoms. The van der Waals surface area contributed by atoms with Crippen LogP contribution in [0.5, 0.6) is 0 Å². The first kappa shape index (κ1) is 15.6. The SMILES string of the molecule is CN(C)[C@@H]1CS(=O)(=O)[C@H]2CN(Cc3cc4ccccc4s3)C[C@@H]12. The molecule has 1 aromatic heterocycles. The Morgan fingerprint density at radius 3 is 2.78 bits per heavy atom. The predicted octanol–water partition coefficient (Wildman–Crippen LogP) is 2.06. The zero-order valence-corrected chi connectivity index (χ0v) is 15.1. The molecule has 0 spiro atoms. The van der Waals surface area contributed by atoms with Crippen LogP contribution in [0.4, 0.5) is 0 Å². The fourth-order valence-corrected chi connectivity index (χ4v) is 7.72. The van der Waals surface area contributed by atoms with E-state index in [1.807, 2.05) is 25.4 Å². The first-order valence-corrected chi connectivity index (χ1v) is 10.5. The highest BCUT2D eigenvalue weighted by molar-refractivity contribution is 7.92. The van der Waals surface area contributed by atoms with Gasteiger partial charge < -0.3 is 4.90 Å². The molecule has 4 nitrogen and oxygen atoms in total. The lowest BCUT2D eigenvalue weighted by Crippen LogP contribution is -2.37. The van der Waals surface area contributed by atoms with Gasteiger partial charge in [-0.1, -0.05) is 18.2 Å². The minimum Gasteiger partial charge on any atom is -0.305 e. The largest absolute Gasteiger partial charge is 0.305 e. The average Bonchev–Trinajstić information content (AvgIpc) is 3.13. The molecule has 2 aromatic rings. The normalized spacial score (nSPS) is 30.3. The van der Waals surface area contributed by atoms with Crippen molar-refractivity contribution in [1.29, 1.82) is 0 Å². The number of thiophene rings is 1. The fourth-order valence-electron chi connectivity index (χ4n) is 4.11. The van der Waals surface area contributed by atoms with E-state index in [2.05, 4.69) is 40.1 Å². The van der Waals surface area contributed by atoms with Crippen LogP contribution in [0.15, 0.2) is 30.3 Å². The van der Waals surface area contributed by atoms with Crippen LogP contribution >= 0.6 is 11.3 Å². The Morgan fingerprint density at radius 2 is 2.04 bits per heavy atom. The van der Waals surface area contributed by atoms with Crippen molar-refractivity contribution >= 4 is 31.3 Å². The molecule has 1 aromatic carbocycles. The Kier molecular flexibility index (Phi) is 3.76. The summed E-state index contributed by atoms with van der Waals surface area (Å²) in [5, 5.41) is 1.11. The molecule has 0 N–H and O–H groups in total. The topological polar surface area (TPSA) is 40.6 Å². The highest BCUT2D eigenvalue weighted by Gasteiger charge is 2.52. The molecule has 4 rings (SSSR count). The molecule has 3 atom stereocenters. The zero-order valence-electron chi connectivity index (χ0n) is 13.5. The van der Waals surface area contributed by atoms with Gasteiger partial charge in [0.1, 0.15) is 0 Å². The second kappa shape index (κ2) is 5.55. The van der Waals surface area contributed by atoms with Crippen molar-refractivity contribution in [3.8, 4) is 0 Å². The number of sulfone groups is 1. The van der Waals surface area contributed by atoms with E-state index in [9.17, 15) is 8.42 Å². The average molecular weight is 351 g/mol. The summed E-state index contributed by atoms with van der Waals surface area (Å²) < 4.78 is 26.2. The standard InChI is InChI=1S/C17H22N2O2S2/c1-18(2)15-11-23(20,21)17-10-19(9-14(15)17)8-13-7-12-5-3-4-6-16(12)22-13/h3-7,14-15,17H,8-11H2,1-2H3/t14-,15+,17-/m0/s1. The number of fused-ring (bicyclic) bond motifs is 2. The first-order chi connectivity index (χ1) is 10.9. The molecule has 2 saturated heterocycles. The van der Waals surface area contributed by atoms with Crippen LogP contribution in [-0.2, 0) is 16.4 Å². The molecule has 0 amide bonds. The van der Waals surface area contributed by atoms with Crippen molar-refractivity contribution < 1.29 is 8.42 Å². The van der Waals surface area contributed by atoms with Gasteiger partial charge in [0, 0.05) is 41.2 Å². The Morgan fingerprint density at radius 1 is 1.26 bits per heavy atom. The van der Waals surface area contributed by atoms with Gasteiger partial charge in [0.25, 0.3) is 0 Å². The van der Waals surface area contributed by atoms with E-state index in [0.29, 0.717) is 12.3 Å². The van der Waals surface area contributed by atoms with Gasteiger partial charge in [0.15, 0.2) is 9.84 Å². The summed E-state index contributed by atoms with van der Waals surface area (Å²) in [6, 6.07) is 10.8. The first-order valence-electron chi connectivity index (χ1n) is 8.02. The molecular weight excluding hydrogens is 328 g/mol. The Bertz CT molecular complexity index is 795. The summed E-state index contributed by atoms with van der Waals surface area (Å²) >= 11 is 1.82. The van der Waals surface area contributed by atoms with Crippen molar-refractivity contribution in [2.24, 2.45) is 5.92 Å². The van der Waals surface area contributed by atoms with E-state index in [-0.39, 0.29) is 17.2 Å². The lowest BCUT2D eigenvalue weighted by molar-refractivity contribution is 0.230. The van der Waals surface area contributed by atoms with Crippen molar-refractivity contribution in [2.75, 3.05) is 32.9 Å². The molecule has 0 radical (unpaired) electrons. The van der Waals surface area contributed by atoms with Crippen molar-refractivity contribution in [1.82, 2.24) is 9.80 Å². The summed E-state index contributed by atoms with van der Waals surface area (Å²) in [5.41, 5.74) is 0. The molecule has 2 fully saturated rings. The van der Waals surface area contributed by atoms with Crippen LogP contribution in [0.2, 0.25) is 0 Å². The summed E-state index contributed by atoms with van der Waals surface area (Å²) in [4.78, 5) is 5.74. The number of nitrogens with zero attached hydrogens (tertiary/aromatic N) is 2. The lowest BCUT2D eigenvalue weighted by atomic mass is 10.00. The summed E-state index contributed by atoms with van der Waals surface area (Å²) in [6.07, 6.45) is 0. The predicted molar refractivity (Wildman–Crippen MR) is 95.6 cm³/mol. The second-order valence-corrected chi connectivity index (χ2v) is 10.4. The summed E-state index contributed by atoms with van der Waals surface area (Å²) in [7, 11) is 1.05. The van der Waals surface area contributed by atoms with Crippen molar-refractivity contribution in [3.05, 3.63) is 35.2 Å². The van der Waals surface area contributed by atoms with Crippen LogP contribution in [0.3, 0.4) is 0 Å². The molecule has 0 aliphatic carbocycles. The maximum atomic E-state index is 12.4. The third kappa shape index (κ3) is 2.71. The molecule has 23 heavy (non-hydrogen) atoms. The van der Waals surface area contributed by atoms with Gasteiger partial charge in [-0.15, -0.1) is 11.3 Å². The quantitative estimate of drug-likeness (QED) is 0.850. The van der Waals surface area contributed by atoms with Crippen LogP contribution in [0.1, 0.15) is 4.88 Å². The van der Waals surface area contributed by atoms with E-state index in [1.165, 1.54) is 15.0 Å². The maximum absolute atomic E-state index is 12.4. The number of likely N-dealkylation sites (tertiary alicyclic amines) is 1. The van der Waals surface area contributed by atoms with Crippen molar-refractivity contribution in [2.45, 2.75) is 17.8 Å². The van der Waals surface area contributed by atoms with Gasteiger partial charge in [0.05, 0.1) is 11.0 Å². The van der Waals surface area contributed by atoms with E-state index in [4.69, 9.17) is 0 Å². The number of rotatable bonds is 3. The van der Waals surface area contributed by atoms with Gasteiger partial charge in [-0.05, 0) is 31.6 Å². The fraction of sp³-hybridized carbons (Fsp3) is 0.529. The minimum absolute atomic E-state index is 0.164. The van der Waals surface area contributed by atoms with Gasteiger partial charge in [-0.25, -0.2) is 8.42 Å². The van der Waals surface area contributed by atoms with E-state index < -0.39 is 9.84 Å². The molecular formula is C17H22N2O2S2. The molecule has 2 aliphatic rings. The summed E-state index contributed by atoms with van der Waals surface area (Å²) in [5.74, 6) is 0.580. The van der Waals surface area contributed by atoms with Crippen LogP contribution in [0, 0.1) is 5.92 Å². The van der Waals surface area contributed by atoms with Gasteiger partial charge in [-0.2, -0.15) is 0 Å². The summed E-state index contributed by atoms with van der Waals surface area (Å²) in [6.45, 7) is 2.44. The van der Waals surface area contributed by atoms with Crippen molar-refractivity contribution in [3.63, 3.8) is 0 Å². The van der Waals surface area contributed by atoms with E-state index in [0.717, 1.165) is 13.1 Å². The lowest BCUT2D eigenvalue weighted by Gasteiger charge is -2.24. The Labute approximate surface area is 141 Å². The highest BCUT2D eigenvalue weighted by atomic mass is 32.2. The molecule has 3 heterocycles. The number of hydrogen-bond donors (Lipinski definition) is 0. The third-order valence-electron chi connectivity index (χ3n) is 5.26.